The fourth-order valence-electron chi connectivity index (χ4n) is 3.51. The molecule has 0 unspecified atom stereocenters. The standard InChI is InChI=1S/C21H22N4O3/c1-28-19-4-2-3-17(9-19)24-20-16(13-26)12-25(21(20)27)18-7-5-14(6-8-18)15-10-22-23-11-15/h2-11,16,20,24,26H,12-13H2,1H3,(H,22,23)/t16-,20-/m0/s1. The van der Waals surface area contributed by atoms with E-state index in [4.69, 9.17) is 4.74 Å². The molecule has 28 heavy (non-hydrogen) atoms. The van der Waals surface area contributed by atoms with Gasteiger partial charge in [0.1, 0.15) is 11.8 Å². The summed E-state index contributed by atoms with van der Waals surface area (Å²) in [6.45, 7) is 0.388. The van der Waals surface area contributed by atoms with Crippen LogP contribution in [-0.4, -0.2) is 47.5 Å². The Morgan fingerprint density at radius 3 is 2.75 bits per heavy atom. The van der Waals surface area contributed by atoms with Crippen molar-refractivity contribution in [3.05, 3.63) is 60.9 Å². The Morgan fingerprint density at radius 2 is 2.07 bits per heavy atom. The molecular weight excluding hydrogens is 356 g/mol. The zero-order valence-corrected chi connectivity index (χ0v) is 15.5. The number of hydrogen-bond acceptors (Lipinski definition) is 5. The summed E-state index contributed by atoms with van der Waals surface area (Å²) in [5.41, 5.74) is 3.61. The molecule has 144 valence electrons. The monoisotopic (exact) mass is 378 g/mol. The van der Waals surface area contributed by atoms with Gasteiger partial charge in [0.15, 0.2) is 0 Å². The van der Waals surface area contributed by atoms with E-state index in [2.05, 4.69) is 15.5 Å². The minimum Gasteiger partial charge on any atom is -0.497 e. The van der Waals surface area contributed by atoms with Crippen molar-refractivity contribution in [1.82, 2.24) is 10.2 Å². The summed E-state index contributed by atoms with van der Waals surface area (Å²) in [5, 5.41) is 19.8. The van der Waals surface area contributed by atoms with Gasteiger partial charge in [-0.2, -0.15) is 5.10 Å². The van der Waals surface area contributed by atoms with Crippen LogP contribution in [-0.2, 0) is 4.79 Å². The summed E-state index contributed by atoms with van der Waals surface area (Å²) >= 11 is 0. The first-order chi connectivity index (χ1) is 13.7. The number of anilines is 2. The van der Waals surface area contributed by atoms with E-state index in [1.54, 1.807) is 18.2 Å². The molecule has 0 spiro atoms. The normalized spacial score (nSPS) is 19.1. The molecule has 1 fully saturated rings. The molecule has 0 aliphatic carbocycles. The van der Waals surface area contributed by atoms with Gasteiger partial charge >= 0.3 is 0 Å². The van der Waals surface area contributed by atoms with E-state index in [0.717, 1.165) is 22.5 Å². The minimum atomic E-state index is -0.495. The number of carbonyl (C=O) groups is 1. The van der Waals surface area contributed by atoms with Crippen LogP contribution < -0.4 is 15.0 Å². The zero-order chi connectivity index (χ0) is 19.5. The highest BCUT2D eigenvalue weighted by Crippen LogP contribution is 2.30. The third-order valence-electron chi connectivity index (χ3n) is 5.06. The molecule has 3 N–H and O–H groups in total. The summed E-state index contributed by atoms with van der Waals surface area (Å²) in [4.78, 5) is 14.8. The molecule has 7 nitrogen and oxygen atoms in total. The first-order valence-corrected chi connectivity index (χ1v) is 9.11. The first-order valence-electron chi connectivity index (χ1n) is 9.11. The van der Waals surface area contributed by atoms with Gasteiger partial charge in [0.25, 0.3) is 0 Å². The maximum absolute atomic E-state index is 13.1. The Labute approximate surface area is 163 Å². The molecule has 1 saturated heterocycles. The summed E-state index contributed by atoms with van der Waals surface area (Å²) < 4.78 is 5.24. The average Bonchev–Trinajstić information content (AvgIpc) is 3.38. The predicted molar refractivity (Wildman–Crippen MR) is 107 cm³/mol. The fourth-order valence-corrected chi connectivity index (χ4v) is 3.51. The number of nitrogens with one attached hydrogen (secondary N) is 2. The predicted octanol–water partition coefficient (Wildman–Crippen LogP) is 2.52. The van der Waals surface area contributed by atoms with Crippen LogP contribution in [0, 0.1) is 5.92 Å². The smallest absolute Gasteiger partial charge is 0.249 e. The second kappa shape index (κ2) is 7.74. The van der Waals surface area contributed by atoms with Crippen molar-refractivity contribution in [2.45, 2.75) is 6.04 Å². The van der Waals surface area contributed by atoms with E-state index >= 15 is 0 Å². The summed E-state index contributed by atoms with van der Waals surface area (Å²) in [6, 6.07) is 14.7. The van der Waals surface area contributed by atoms with Crippen molar-refractivity contribution in [3.63, 3.8) is 0 Å². The van der Waals surface area contributed by atoms with Gasteiger partial charge in [-0.05, 0) is 29.8 Å². The molecule has 2 aromatic carbocycles. The second-order valence-corrected chi connectivity index (χ2v) is 6.78. The lowest BCUT2D eigenvalue weighted by atomic mass is 10.0. The largest absolute Gasteiger partial charge is 0.497 e. The van der Waals surface area contributed by atoms with Gasteiger partial charge in [-0.1, -0.05) is 18.2 Å². The topological polar surface area (TPSA) is 90.5 Å². The quantitative estimate of drug-likeness (QED) is 0.613. The number of aliphatic hydroxyl groups excluding tert-OH is 1. The zero-order valence-electron chi connectivity index (χ0n) is 15.5. The number of ether oxygens (including phenoxy) is 1. The van der Waals surface area contributed by atoms with Crippen molar-refractivity contribution < 1.29 is 14.6 Å². The van der Waals surface area contributed by atoms with Gasteiger partial charge in [-0.15, -0.1) is 0 Å². The highest BCUT2D eigenvalue weighted by Gasteiger charge is 2.40. The summed E-state index contributed by atoms with van der Waals surface area (Å²) in [6.07, 6.45) is 3.58. The summed E-state index contributed by atoms with van der Waals surface area (Å²) in [5.74, 6) is 0.452. The van der Waals surface area contributed by atoms with Crippen molar-refractivity contribution in [2.24, 2.45) is 5.92 Å². The van der Waals surface area contributed by atoms with Crippen LogP contribution >= 0.6 is 0 Å². The molecule has 1 aliphatic heterocycles. The number of aliphatic hydroxyl groups is 1. The molecule has 4 rings (SSSR count). The molecule has 7 heteroatoms. The van der Waals surface area contributed by atoms with E-state index in [0.29, 0.717) is 12.3 Å². The highest BCUT2D eigenvalue weighted by atomic mass is 16.5. The van der Waals surface area contributed by atoms with E-state index in [9.17, 15) is 9.90 Å². The number of nitrogens with zero attached hydrogens (tertiary/aromatic N) is 2. The van der Waals surface area contributed by atoms with Crippen LogP contribution in [0.2, 0.25) is 0 Å². The van der Waals surface area contributed by atoms with E-state index in [1.165, 1.54) is 0 Å². The van der Waals surface area contributed by atoms with Gasteiger partial charge in [-0.25, -0.2) is 0 Å². The Hall–Kier alpha value is -3.32. The molecule has 0 radical (unpaired) electrons. The average molecular weight is 378 g/mol. The van der Waals surface area contributed by atoms with Crippen molar-refractivity contribution in [3.8, 4) is 16.9 Å². The number of methoxy groups -OCH3 is 1. The molecular formula is C21H22N4O3. The first kappa shape index (κ1) is 18.1. The lowest BCUT2D eigenvalue weighted by Crippen LogP contribution is -2.36. The van der Waals surface area contributed by atoms with Crippen LogP contribution in [0.4, 0.5) is 11.4 Å². The van der Waals surface area contributed by atoms with Gasteiger partial charge in [0, 0.05) is 41.7 Å². The number of carbonyl (C=O) groups excluding carboxylic acids is 1. The fraction of sp³-hybridized carbons (Fsp3) is 0.238. The Bertz CT molecular complexity index is 941. The number of hydrogen-bond donors (Lipinski definition) is 3. The van der Waals surface area contributed by atoms with Gasteiger partial charge in [0.2, 0.25) is 5.91 Å². The third kappa shape index (κ3) is 3.44. The van der Waals surface area contributed by atoms with Gasteiger partial charge in [-0.3, -0.25) is 9.89 Å². The second-order valence-electron chi connectivity index (χ2n) is 6.78. The Balaban J connectivity index is 1.54. The highest BCUT2D eigenvalue weighted by molar-refractivity contribution is 6.01. The van der Waals surface area contributed by atoms with Crippen LogP contribution in [0.3, 0.4) is 0 Å². The maximum atomic E-state index is 13.1. The number of H-pyrrole nitrogens is 1. The molecule has 2 atom stereocenters. The Morgan fingerprint density at radius 1 is 1.25 bits per heavy atom. The number of aromatic amines is 1. The molecule has 1 amide bonds. The van der Waals surface area contributed by atoms with Gasteiger partial charge < -0.3 is 20.1 Å². The van der Waals surface area contributed by atoms with Crippen LogP contribution in [0.15, 0.2) is 60.9 Å². The molecule has 1 aliphatic rings. The van der Waals surface area contributed by atoms with Crippen LogP contribution in [0.1, 0.15) is 0 Å². The SMILES string of the molecule is COc1cccc(N[C@@H]2C(=O)N(c3ccc(-c4cn[nH]c4)cc3)C[C@H]2CO)c1. The van der Waals surface area contributed by atoms with E-state index in [-0.39, 0.29) is 18.4 Å². The van der Waals surface area contributed by atoms with Crippen LogP contribution in [0.25, 0.3) is 11.1 Å². The van der Waals surface area contributed by atoms with Crippen molar-refractivity contribution in [1.29, 1.82) is 0 Å². The minimum absolute atomic E-state index is 0.0575. The Kier molecular flexibility index (Phi) is 4.99. The van der Waals surface area contributed by atoms with E-state index < -0.39 is 6.04 Å². The van der Waals surface area contributed by atoms with Crippen LogP contribution in [0.5, 0.6) is 5.75 Å². The van der Waals surface area contributed by atoms with E-state index in [1.807, 2.05) is 54.7 Å². The number of aromatic nitrogens is 2. The molecule has 1 aromatic heterocycles. The lowest BCUT2D eigenvalue weighted by molar-refractivity contribution is -0.118. The molecule has 0 saturated carbocycles. The van der Waals surface area contributed by atoms with Crippen molar-refractivity contribution >= 4 is 17.3 Å². The maximum Gasteiger partial charge on any atom is 0.249 e. The molecule has 3 aromatic rings. The third-order valence-corrected chi connectivity index (χ3v) is 5.06. The number of amides is 1. The number of rotatable bonds is 6. The van der Waals surface area contributed by atoms with Crippen molar-refractivity contribution in [2.75, 3.05) is 30.5 Å². The van der Waals surface area contributed by atoms with Gasteiger partial charge in [0.05, 0.1) is 19.9 Å². The summed E-state index contributed by atoms with van der Waals surface area (Å²) in [7, 11) is 1.60. The molecule has 0 bridgehead atoms. The number of benzene rings is 2. The molecule has 2 heterocycles. The lowest BCUT2D eigenvalue weighted by Gasteiger charge is -2.19.